The summed E-state index contributed by atoms with van der Waals surface area (Å²) in [7, 11) is 0. The van der Waals surface area contributed by atoms with Crippen molar-refractivity contribution in [2.45, 2.75) is 59.8 Å². The fourth-order valence-corrected chi connectivity index (χ4v) is 1.88. The van der Waals surface area contributed by atoms with Gasteiger partial charge in [0.25, 0.3) is 0 Å². The third kappa shape index (κ3) is 4.12. The van der Waals surface area contributed by atoms with Crippen molar-refractivity contribution in [3.05, 3.63) is 0 Å². The van der Waals surface area contributed by atoms with Gasteiger partial charge in [0.1, 0.15) is 0 Å². The Kier molecular flexibility index (Phi) is 6.60. The molecule has 0 saturated heterocycles. The van der Waals surface area contributed by atoms with Crippen LogP contribution in [0.2, 0.25) is 0 Å². The average molecular weight is 200 g/mol. The Morgan fingerprint density at radius 3 is 1.93 bits per heavy atom. The van der Waals surface area contributed by atoms with Gasteiger partial charge >= 0.3 is 5.97 Å². The largest absolute Gasteiger partial charge is 0.466 e. The number of carbonyl (C=O) groups is 1. The molecule has 0 amide bonds. The monoisotopic (exact) mass is 200 g/mol. The maximum absolute atomic E-state index is 11.2. The number of esters is 1. The van der Waals surface area contributed by atoms with Gasteiger partial charge in [0.15, 0.2) is 0 Å². The quantitative estimate of drug-likeness (QED) is 0.587. The molecule has 0 unspecified atom stereocenters. The summed E-state index contributed by atoms with van der Waals surface area (Å²) in [6.07, 6.45) is 5.00. The summed E-state index contributed by atoms with van der Waals surface area (Å²) in [6, 6.07) is 0. The van der Waals surface area contributed by atoms with E-state index in [1.165, 1.54) is 0 Å². The zero-order valence-electron chi connectivity index (χ0n) is 10.1. The Morgan fingerprint density at radius 2 is 1.57 bits per heavy atom. The van der Waals surface area contributed by atoms with Gasteiger partial charge in [-0.1, -0.05) is 40.0 Å². The predicted molar refractivity (Wildman–Crippen MR) is 59.2 cm³/mol. The standard InChI is InChI=1S/C12H24O2/c1-5-12(6-2,7-3)10-9-11(13)14-8-4/h5-10H2,1-4H3. The molecular formula is C12H24O2. The Morgan fingerprint density at radius 1 is 1.07 bits per heavy atom. The van der Waals surface area contributed by atoms with Crippen LogP contribution in [0.5, 0.6) is 0 Å². The molecule has 0 bridgehead atoms. The molecule has 0 radical (unpaired) electrons. The van der Waals surface area contributed by atoms with Gasteiger partial charge in [0.2, 0.25) is 0 Å². The van der Waals surface area contributed by atoms with Crippen molar-refractivity contribution in [2.24, 2.45) is 5.41 Å². The van der Waals surface area contributed by atoms with Crippen molar-refractivity contribution in [2.75, 3.05) is 6.61 Å². The van der Waals surface area contributed by atoms with Crippen LogP contribution in [-0.2, 0) is 9.53 Å². The summed E-state index contributed by atoms with van der Waals surface area (Å²) in [5.74, 6) is -0.0489. The number of hydrogen-bond acceptors (Lipinski definition) is 2. The maximum atomic E-state index is 11.2. The Labute approximate surface area is 88.0 Å². The summed E-state index contributed by atoms with van der Waals surface area (Å²) in [4.78, 5) is 11.2. The van der Waals surface area contributed by atoms with Gasteiger partial charge in [-0.2, -0.15) is 0 Å². The molecule has 0 saturated carbocycles. The topological polar surface area (TPSA) is 26.3 Å². The van der Waals surface area contributed by atoms with Crippen LogP contribution in [0.3, 0.4) is 0 Å². The fourth-order valence-electron chi connectivity index (χ4n) is 1.88. The average Bonchev–Trinajstić information content (AvgIpc) is 2.21. The molecule has 0 atom stereocenters. The van der Waals surface area contributed by atoms with Crippen molar-refractivity contribution in [3.63, 3.8) is 0 Å². The summed E-state index contributed by atoms with van der Waals surface area (Å²) >= 11 is 0. The predicted octanol–water partition coefficient (Wildman–Crippen LogP) is 3.55. The molecule has 0 heterocycles. The van der Waals surface area contributed by atoms with Crippen LogP contribution < -0.4 is 0 Å². The zero-order chi connectivity index (χ0) is 11.0. The molecule has 0 spiro atoms. The van der Waals surface area contributed by atoms with Gasteiger partial charge in [0.05, 0.1) is 6.61 Å². The fraction of sp³-hybridized carbons (Fsp3) is 0.917. The van der Waals surface area contributed by atoms with Crippen LogP contribution in [0.15, 0.2) is 0 Å². The highest BCUT2D eigenvalue weighted by molar-refractivity contribution is 5.69. The van der Waals surface area contributed by atoms with Crippen LogP contribution in [0.25, 0.3) is 0 Å². The lowest BCUT2D eigenvalue weighted by molar-refractivity contribution is -0.143. The van der Waals surface area contributed by atoms with Crippen LogP contribution in [0, 0.1) is 5.41 Å². The minimum absolute atomic E-state index is 0.0489. The third-order valence-electron chi connectivity index (χ3n) is 3.41. The molecule has 0 aliphatic carbocycles. The third-order valence-corrected chi connectivity index (χ3v) is 3.41. The van der Waals surface area contributed by atoms with Crippen LogP contribution in [0.4, 0.5) is 0 Å². The lowest BCUT2D eigenvalue weighted by Crippen LogP contribution is -2.19. The van der Waals surface area contributed by atoms with E-state index in [1.54, 1.807) is 0 Å². The molecule has 0 aromatic rings. The second-order valence-corrected chi connectivity index (χ2v) is 3.87. The van der Waals surface area contributed by atoms with Gasteiger partial charge < -0.3 is 4.74 Å². The lowest BCUT2D eigenvalue weighted by Gasteiger charge is -2.29. The van der Waals surface area contributed by atoms with E-state index < -0.39 is 0 Å². The van der Waals surface area contributed by atoms with Crippen LogP contribution >= 0.6 is 0 Å². The Hall–Kier alpha value is -0.530. The maximum Gasteiger partial charge on any atom is 0.305 e. The number of rotatable bonds is 7. The molecule has 0 aromatic heterocycles. The summed E-state index contributed by atoms with van der Waals surface area (Å²) < 4.78 is 4.93. The summed E-state index contributed by atoms with van der Waals surface area (Å²) in [6.45, 7) is 8.97. The van der Waals surface area contributed by atoms with Gasteiger partial charge in [-0.15, -0.1) is 0 Å². The summed E-state index contributed by atoms with van der Waals surface area (Å²) in [5.41, 5.74) is 0.354. The van der Waals surface area contributed by atoms with Gasteiger partial charge in [0, 0.05) is 6.42 Å². The van der Waals surface area contributed by atoms with Crippen molar-refractivity contribution in [1.82, 2.24) is 0 Å². The van der Waals surface area contributed by atoms with Gasteiger partial charge in [-0.25, -0.2) is 0 Å². The second-order valence-electron chi connectivity index (χ2n) is 3.87. The molecule has 0 aliphatic heterocycles. The lowest BCUT2D eigenvalue weighted by atomic mass is 9.76. The van der Waals surface area contributed by atoms with E-state index in [9.17, 15) is 4.79 Å². The number of ether oxygens (including phenoxy) is 1. The Balaban J connectivity index is 3.99. The molecule has 0 aliphatic rings. The van der Waals surface area contributed by atoms with E-state index in [0.29, 0.717) is 18.4 Å². The van der Waals surface area contributed by atoms with Crippen LogP contribution in [0.1, 0.15) is 59.8 Å². The highest BCUT2D eigenvalue weighted by atomic mass is 16.5. The minimum atomic E-state index is -0.0489. The van der Waals surface area contributed by atoms with Gasteiger partial charge in [-0.05, 0) is 18.8 Å². The van der Waals surface area contributed by atoms with E-state index in [4.69, 9.17) is 4.74 Å². The van der Waals surface area contributed by atoms with Gasteiger partial charge in [-0.3, -0.25) is 4.79 Å². The second kappa shape index (κ2) is 6.86. The summed E-state index contributed by atoms with van der Waals surface area (Å²) in [5, 5.41) is 0. The highest BCUT2D eigenvalue weighted by Gasteiger charge is 2.24. The Bertz CT molecular complexity index is 151. The first-order valence-electron chi connectivity index (χ1n) is 5.79. The normalized spacial score (nSPS) is 11.4. The first kappa shape index (κ1) is 13.5. The molecular weight excluding hydrogens is 176 g/mol. The molecule has 0 rings (SSSR count). The molecule has 84 valence electrons. The van der Waals surface area contributed by atoms with E-state index in [-0.39, 0.29) is 5.97 Å². The first-order valence-corrected chi connectivity index (χ1v) is 5.79. The first-order chi connectivity index (χ1) is 6.64. The van der Waals surface area contributed by atoms with Crippen molar-refractivity contribution >= 4 is 5.97 Å². The van der Waals surface area contributed by atoms with Crippen LogP contribution in [-0.4, -0.2) is 12.6 Å². The SMILES string of the molecule is CCOC(=O)CCC(CC)(CC)CC. The van der Waals surface area contributed by atoms with E-state index in [0.717, 1.165) is 25.7 Å². The molecule has 14 heavy (non-hydrogen) atoms. The van der Waals surface area contributed by atoms with Crippen molar-refractivity contribution in [1.29, 1.82) is 0 Å². The number of carbonyl (C=O) groups excluding carboxylic acids is 1. The molecule has 0 aromatic carbocycles. The highest BCUT2D eigenvalue weighted by Crippen LogP contribution is 2.35. The van der Waals surface area contributed by atoms with E-state index in [1.807, 2.05) is 6.92 Å². The van der Waals surface area contributed by atoms with E-state index in [2.05, 4.69) is 20.8 Å². The molecule has 2 heteroatoms. The molecule has 2 nitrogen and oxygen atoms in total. The van der Waals surface area contributed by atoms with E-state index >= 15 is 0 Å². The van der Waals surface area contributed by atoms with Crippen molar-refractivity contribution in [3.8, 4) is 0 Å². The van der Waals surface area contributed by atoms with Crippen molar-refractivity contribution < 1.29 is 9.53 Å². The number of hydrogen-bond donors (Lipinski definition) is 0. The smallest absolute Gasteiger partial charge is 0.305 e. The molecule has 0 fully saturated rings. The molecule has 0 N–H and O–H groups in total. The minimum Gasteiger partial charge on any atom is -0.466 e. The zero-order valence-corrected chi connectivity index (χ0v) is 10.1.